The van der Waals surface area contributed by atoms with Gasteiger partial charge in [0.2, 0.25) is 0 Å². The number of nitrogens with zero attached hydrogens (tertiary/aromatic N) is 1. The van der Waals surface area contributed by atoms with Crippen LogP contribution in [-0.4, -0.2) is 29.0 Å². The molecule has 0 fully saturated rings. The number of aromatic nitrogens is 1. The topological polar surface area (TPSA) is 63.5 Å². The molecule has 0 amide bonds. The first kappa shape index (κ1) is 22.9. The molecule has 0 saturated carbocycles. The van der Waals surface area contributed by atoms with E-state index in [1.807, 2.05) is 24.5 Å². The van der Waals surface area contributed by atoms with Crippen molar-refractivity contribution in [3.05, 3.63) is 94.9 Å². The van der Waals surface area contributed by atoms with Crippen LogP contribution in [0.25, 0.3) is 10.9 Å². The zero-order valence-electron chi connectivity index (χ0n) is 18.5. The zero-order valence-corrected chi connectivity index (χ0v) is 19.3. The van der Waals surface area contributed by atoms with Gasteiger partial charge in [-0.1, -0.05) is 24.3 Å². The van der Waals surface area contributed by atoms with Gasteiger partial charge in [0.05, 0.1) is 12.6 Å². The first-order valence-corrected chi connectivity index (χ1v) is 11.7. The van der Waals surface area contributed by atoms with E-state index in [2.05, 4.69) is 29.6 Å². The molecule has 0 aliphatic heterocycles. The highest BCUT2D eigenvalue weighted by molar-refractivity contribution is 7.98. The lowest BCUT2D eigenvalue weighted by atomic mass is 10.1. The number of hydrogen-bond donors (Lipinski definition) is 2. The minimum atomic E-state index is -1.03. The monoisotopic (exact) mass is 464 g/mol. The van der Waals surface area contributed by atoms with E-state index < -0.39 is 5.97 Å². The molecule has 0 spiro atoms. The number of nitrogens with one attached hydrogen (secondary N) is 1. The molecule has 33 heavy (non-hydrogen) atoms. The average molecular weight is 465 g/mol. The van der Waals surface area contributed by atoms with Gasteiger partial charge < -0.3 is 19.7 Å². The third-order valence-corrected chi connectivity index (χ3v) is 6.34. The number of hydrogen-bond acceptors (Lipinski definition) is 4. The number of halogens is 1. The highest BCUT2D eigenvalue weighted by Gasteiger charge is 2.23. The smallest absolute Gasteiger partial charge is 0.352 e. The van der Waals surface area contributed by atoms with E-state index >= 15 is 0 Å². The lowest BCUT2D eigenvalue weighted by Gasteiger charge is -2.10. The molecule has 0 radical (unpaired) electrons. The number of thioether (sulfide) groups is 1. The van der Waals surface area contributed by atoms with E-state index in [0.29, 0.717) is 30.0 Å². The molecule has 2 N–H and O–H groups in total. The van der Waals surface area contributed by atoms with Crippen molar-refractivity contribution >= 4 is 28.6 Å². The maximum absolute atomic E-state index is 13.8. The SMILES string of the molecule is COc1ccc2c(CNCc3ccc(SC)cc3)c(C(=O)O)n(Cc3cccc(F)c3)c2c1. The van der Waals surface area contributed by atoms with Gasteiger partial charge in [-0.3, -0.25) is 0 Å². The molecule has 1 heterocycles. The minimum Gasteiger partial charge on any atom is -0.497 e. The first-order chi connectivity index (χ1) is 16.0. The Morgan fingerprint density at radius 2 is 1.85 bits per heavy atom. The van der Waals surface area contributed by atoms with Gasteiger partial charge >= 0.3 is 5.97 Å². The number of rotatable bonds is 9. The number of methoxy groups -OCH3 is 1. The standard InChI is InChI=1S/C26H25FN2O3S/c1-32-20-8-11-22-23(15-28-14-17-6-9-21(33-2)10-7-17)25(26(30)31)29(24(22)13-20)16-18-4-3-5-19(27)12-18/h3-13,28H,14-16H2,1-2H3,(H,30,31). The molecule has 0 aliphatic carbocycles. The molecule has 7 heteroatoms. The van der Waals surface area contributed by atoms with E-state index in [0.717, 1.165) is 16.5 Å². The Kier molecular flexibility index (Phi) is 7.01. The Bertz CT molecular complexity index is 1280. The molecule has 0 bridgehead atoms. The number of carbonyl (C=O) groups is 1. The predicted octanol–water partition coefficient (Wildman–Crippen LogP) is 5.55. The number of carboxylic acids is 1. The van der Waals surface area contributed by atoms with Crippen molar-refractivity contribution in [1.29, 1.82) is 0 Å². The lowest BCUT2D eigenvalue weighted by Crippen LogP contribution is -2.17. The Labute approximate surface area is 196 Å². The molecule has 0 saturated heterocycles. The van der Waals surface area contributed by atoms with E-state index in [-0.39, 0.29) is 18.1 Å². The van der Waals surface area contributed by atoms with Crippen molar-refractivity contribution in [2.45, 2.75) is 24.5 Å². The van der Waals surface area contributed by atoms with E-state index in [4.69, 9.17) is 4.74 Å². The molecular formula is C26H25FN2O3S. The predicted molar refractivity (Wildman–Crippen MR) is 130 cm³/mol. The van der Waals surface area contributed by atoms with Crippen LogP contribution in [0.5, 0.6) is 5.75 Å². The summed E-state index contributed by atoms with van der Waals surface area (Å²) in [5.74, 6) is -0.749. The summed E-state index contributed by atoms with van der Waals surface area (Å²) >= 11 is 1.69. The summed E-state index contributed by atoms with van der Waals surface area (Å²) in [6, 6.07) is 20.0. The van der Waals surface area contributed by atoms with Crippen LogP contribution in [0.4, 0.5) is 4.39 Å². The molecule has 1 aromatic heterocycles. The van der Waals surface area contributed by atoms with Crippen LogP contribution < -0.4 is 10.1 Å². The van der Waals surface area contributed by atoms with Gasteiger partial charge in [0.25, 0.3) is 0 Å². The molecule has 170 valence electrons. The summed E-state index contributed by atoms with van der Waals surface area (Å²) in [5, 5.41) is 14.3. The molecule has 0 unspecified atom stereocenters. The summed E-state index contributed by atoms with van der Waals surface area (Å²) in [7, 11) is 1.57. The minimum absolute atomic E-state index is 0.188. The van der Waals surface area contributed by atoms with Gasteiger partial charge in [0.15, 0.2) is 0 Å². The fourth-order valence-electron chi connectivity index (χ4n) is 4.01. The fraction of sp³-hybridized carbons (Fsp3) is 0.192. The van der Waals surface area contributed by atoms with E-state index in [9.17, 15) is 14.3 Å². The Balaban J connectivity index is 1.71. The van der Waals surface area contributed by atoms with Crippen molar-refractivity contribution in [3.8, 4) is 5.75 Å². The number of aromatic carboxylic acids is 1. The van der Waals surface area contributed by atoms with Crippen molar-refractivity contribution in [3.63, 3.8) is 0 Å². The average Bonchev–Trinajstić information content (AvgIpc) is 3.12. The molecular weight excluding hydrogens is 439 g/mol. The van der Waals surface area contributed by atoms with Crippen molar-refractivity contribution in [2.24, 2.45) is 0 Å². The second-order valence-corrected chi connectivity index (χ2v) is 8.56. The Hall–Kier alpha value is -3.29. The summed E-state index contributed by atoms with van der Waals surface area (Å²) < 4.78 is 20.9. The van der Waals surface area contributed by atoms with Gasteiger partial charge in [-0.2, -0.15) is 0 Å². The second-order valence-electron chi connectivity index (χ2n) is 7.68. The molecule has 4 aromatic rings. The van der Waals surface area contributed by atoms with Crippen LogP contribution in [0.1, 0.15) is 27.2 Å². The third kappa shape index (κ3) is 5.05. The molecule has 3 aromatic carbocycles. The van der Waals surface area contributed by atoms with Crippen molar-refractivity contribution in [2.75, 3.05) is 13.4 Å². The highest BCUT2D eigenvalue weighted by Crippen LogP contribution is 2.31. The van der Waals surface area contributed by atoms with E-state index in [1.54, 1.807) is 35.6 Å². The van der Waals surface area contributed by atoms with E-state index in [1.165, 1.54) is 17.0 Å². The summed E-state index contributed by atoms with van der Waals surface area (Å²) in [4.78, 5) is 13.6. The van der Waals surface area contributed by atoms with Crippen molar-refractivity contribution < 1.29 is 19.0 Å². The van der Waals surface area contributed by atoms with Crippen LogP contribution in [0.15, 0.2) is 71.6 Å². The van der Waals surface area contributed by atoms with Gasteiger partial charge in [0, 0.05) is 41.5 Å². The van der Waals surface area contributed by atoms with Crippen LogP contribution >= 0.6 is 11.8 Å². The highest BCUT2D eigenvalue weighted by atomic mass is 32.2. The van der Waals surface area contributed by atoms with Crippen LogP contribution in [0.2, 0.25) is 0 Å². The van der Waals surface area contributed by atoms with Gasteiger partial charge in [-0.15, -0.1) is 11.8 Å². The summed E-state index contributed by atoms with van der Waals surface area (Å²) in [6.07, 6.45) is 2.04. The second kappa shape index (κ2) is 10.1. The van der Waals surface area contributed by atoms with Crippen LogP contribution in [0.3, 0.4) is 0 Å². The van der Waals surface area contributed by atoms with Crippen LogP contribution in [0, 0.1) is 5.82 Å². The van der Waals surface area contributed by atoms with Gasteiger partial charge in [-0.25, -0.2) is 9.18 Å². The van der Waals surface area contributed by atoms with Crippen molar-refractivity contribution in [1.82, 2.24) is 9.88 Å². The fourth-order valence-corrected chi connectivity index (χ4v) is 4.42. The first-order valence-electron chi connectivity index (χ1n) is 10.5. The van der Waals surface area contributed by atoms with Gasteiger partial charge in [0.1, 0.15) is 17.3 Å². The maximum atomic E-state index is 13.8. The van der Waals surface area contributed by atoms with Gasteiger partial charge in [-0.05, 0) is 53.8 Å². The number of benzene rings is 3. The Morgan fingerprint density at radius 1 is 1.06 bits per heavy atom. The molecule has 0 aliphatic rings. The quantitative estimate of drug-likeness (QED) is 0.318. The number of ether oxygens (including phenoxy) is 1. The number of fused-ring (bicyclic) bond motifs is 1. The lowest BCUT2D eigenvalue weighted by molar-refractivity contribution is 0.0684. The molecule has 5 nitrogen and oxygen atoms in total. The number of carboxylic acid groups (broad SMARTS) is 1. The summed E-state index contributed by atoms with van der Waals surface area (Å²) in [6.45, 7) is 1.23. The normalized spacial score (nSPS) is 11.1. The summed E-state index contributed by atoms with van der Waals surface area (Å²) in [5.41, 5.74) is 3.42. The zero-order chi connectivity index (χ0) is 23.4. The Morgan fingerprint density at radius 3 is 2.52 bits per heavy atom. The largest absolute Gasteiger partial charge is 0.497 e. The third-order valence-electron chi connectivity index (χ3n) is 5.60. The molecule has 0 atom stereocenters. The van der Waals surface area contributed by atoms with Crippen LogP contribution in [-0.2, 0) is 19.6 Å². The maximum Gasteiger partial charge on any atom is 0.352 e. The molecule has 4 rings (SSSR count).